The molecule has 2 aromatic carbocycles. The maximum absolute atomic E-state index is 12.5. The minimum Gasteiger partial charge on any atom is -0.497 e. The molecule has 0 N–H and O–H groups in total. The second kappa shape index (κ2) is 7.04. The van der Waals surface area contributed by atoms with Crippen molar-refractivity contribution in [2.45, 2.75) is 19.3 Å². The second-order valence-corrected chi connectivity index (χ2v) is 6.96. The first-order valence-corrected chi connectivity index (χ1v) is 8.97. The quantitative estimate of drug-likeness (QED) is 0.674. The molecule has 1 fully saturated rings. The molecule has 7 heteroatoms. The zero-order chi connectivity index (χ0) is 19.0. The summed E-state index contributed by atoms with van der Waals surface area (Å²) in [5.41, 5.74) is 2.54. The van der Waals surface area contributed by atoms with Crippen molar-refractivity contribution in [2.24, 2.45) is 0 Å². The lowest BCUT2D eigenvalue weighted by molar-refractivity contribution is -0.117. The van der Waals surface area contributed by atoms with E-state index in [0.29, 0.717) is 41.1 Å². The molecule has 0 aliphatic carbocycles. The van der Waals surface area contributed by atoms with Crippen molar-refractivity contribution in [1.82, 2.24) is 10.1 Å². The third kappa shape index (κ3) is 3.40. The number of rotatable bonds is 4. The monoisotopic (exact) mass is 383 g/mol. The van der Waals surface area contributed by atoms with E-state index in [0.717, 1.165) is 11.1 Å². The van der Waals surface area contributed by atoms with E-state index in [1.807, 2.05) is 49.4 Å². The van der Waals surface area contributed by atoms with Crippen LogP contribution in [0, 0.1) is 6.92 Å². The van der Waals surface area contributed by atoms with Gasteiger partial charge in [0, 0.05) is 24.4 Å². The van der Waals surface area contributed by atoms with Crippen LogP contribution in [0.4, 0.5) is 5.69 Å². The van der Waals surface area contributed by atoms with Gasteiger partial charge >= 0.3 is 0 Å². The highest BCUT2D eigenvalue weighted by molar-refractivity contribution is 6.34. The Hall–Kier alpha value is -2.86. The van der Waals surface area contributed by atoms with Gasteiger partial charge in [0.2, 0.25) is 5.91 Å². The Balaban J connectivity index is 1.57. The molecule has 0 radical (unpaired) electrons. The fourth-order valence-corrected chi connectivity index (χ4v) is 3.56. The van der Waals surface area contributed by atoms with Crippen molar-refractivity contribution in [2.75, 3.05) is 18.6 Å². The fourth-order valence-electron chi connectivity index (χ4n) is 3.22. The Labute approximate surface area is 161 Å². The van der Waals surface area contributed by atoms with Crippen LogP contribution in [0.5, 0.6) is 5.75 Å². The number of hydrogen-bond acceptors (Lipinski definition) is 5. The van der Waals surface area contributed by atoms with Gasteiger partial charge in [-0.1, -0.05) is 28.9 Å². The van der Waals surface area contributed by atoms with Gasteiger partial charge in [-0.3, -0.25) is 4.79 Å². The van der Waals surface area contributed by atoms with Crippen LogP contribution in [-0.2, 0) is 4.79 Å². The SMILES string of the molecule is COc1cccc(-c2nc(C3CC(=O)N(c4ccc(C)cc4Cl)C3)no2)c1. The largest absolute Gasteiger partial charge is 0.497 e. The van der Waals surface area contributed by atoms with Crippen molar-refractivity contribution in [3.8, 4) is 17.2 Å². The molecular formula is C20H18ClN3O3. The number of halogens is 1. The molecule has 0 bridgehead atoms. The summed E-state index contributed by atoms with van der Waals surface area (Å²) in [5, 5.41) is 4.65. The van der Waals surface area contributed by atoms with Crippen molar-refractivity contribution < 1.29 is 14.1 Å². The standard InChI is InChI=1S/C20H18ClN3O3/c1-12-6-7-17(16(21)8-12)24-11-14(10-18(24)25)19-22-20(27-23-19)13-4-3-5-15(9-13)26-2/h3-9,14H,10-11H2,1-2H3. The van der Waals surface area contributed by atoms with Crippen LogP contribution in [0.2, 0.25) is 5.02 Å². The van der Waals surface area contributed by atoms with Gasteiger partial charge in [0.25, 0.3) is 5.89 Å². The van der Waals surface area contributed by atoms with Gasteiger partial charge in [0.1, 0.15) is 5.75 Å². The van der Waals surface area contributed by atoms with Gasteiger partial charge in [-0.2, -0.15) is 4.98 Å². The summed E-state index contributed by atoms with van der Waals surface area (Å²) in [4.78, 5) is 18.7. The maximum atomic E-state index is 12.5. The number of aromatic nitrogens is 2. The third-order valence-electron chi connectivity index (χ3n) is 4.64. The van der Waals surface area contributed by atoms with E-state index in [-0.39, 0.29) is 11.8 Å². The van der Waals surface area contributed by atoms with Gasteiger partial charge in [-0.25, -0.2) is 0 Å². The summed E-state index contributed by atoms with van der Waals surface area (Å²) in [6, 6.07) is 13.1. The van der Waals surface area contributed by atoms with E-state index >= 15 is 0 Å². The molecule has 1 atom stereocenters. The zero-order valence-corrected chi connectivity index (χ0v) is 15.7. The van der Waals surface area contributed by atoms with Gasteiger partial charge in [0.15, 0.2) is 5.82 Å². The highest BCUT2D eigenvalue weighted by Gasteiger charge is 2.35. The Morgan fingerprint density at radius 1 is 1.26 bits per heavy atom. The van der Waals surface area contributed by atoms with E-state index in [1.54, 1.807) is 12.0 Å². The van der Waals surface area contributed by atoms with Crippen molar-refractivity contribution in [3.63, 3.8) is 0 Å². The van der Waals surface area contributed by atoms with Crippen molar-refractivity contribution in [3.05, 3.63) is 58.9 Å². The van der Waals surface area contributed by atoms with Crippen molar-refractivity contribution >= 4 is 23.2 Å². The lowest BCUT2D eigenvalue weighted by atomic mass is 10.1. The zero-order valence-electron chi connectivity index (χ0n) is 15.0. The number of hydrogen-bond donors (Lipinski definition) is 0. The fraction of sp³-hybridized carbons (Fsp3) is 0.250. The molecule has 1 saturated heterocycles. The molecule has 2 heterocycles. The average molecular weight is 384 g/mol. The summed E-state index contributed by atoms with van der Waals surface area (Å²) in [6.45, 7) is 2.43. The lowest BCUT2D eigenvalue weighted by Crippen LogP contribution is -2.24. The number of ether oxygens (including phenoxy) is 1. The Morgan fingerprint density at radius 3 is 2.89 bits per heavy atom. The first kappa shape index (κ1) is 17.5. The normalized spacial score (nSPS) is 16.8. The molecule has 138 valence electrons. The van der Waals surface area contributed by atoms with Crippen LogP contribution in [0.1, 0.15) is 23.7 Å². The number of anilines is 1. The molecule has 1 amide bonds. The predicted octanol–water partition coefficient (Wildman–Crippen LogP) is 4.23. The topological polar surface area (TPSA) is 68.5 Å². The molecule has 0 saturated carbocycles. The van der Waals surface area contributed by atoms with Crippen LogP contribution in [0.15, 0.2) is 47.0 Å². The van der Waals surface area contributed by atoms with Crippen LogP contribution >= 0.6 is 11.6 Å². The highest BCUT2D eigenvalue weighted by Crippen LogP contribution is 2.35. The highest BCUT2D eigenvalue weighted by atomic mass is 35.5. The molecule has 1 aromatic heterocycles. The Kier molecular flexibility index (Phi) is 4.58. The summed E-state index contributed by atoms with van der Waals surface area (Å²) in [6.07, 6.45) is 0.321. The molecular weight excluding hydrogens is 366 g/mol. The maximum Gasteiger partial charge on any atom is 0.258 e. The molecule has 6 nitrogen and oxygen atoms in total. The lowest BCUT2D eigenvalue weighted by Gasteiger charge is -2.18. The minimum absolute atomic E-state index is 0.00140. The predicted molar refractivity (Wildman–Crippen MR) is 102 cm³/mol. The number of aryl methyl sites for hydroxylation is 1. The van der Waals surface area contributed by atoms with Gasteiger partial charge < -0.3 is 14.2 Å². The smallest absolute Gasteiger partial charge is 0.258 e. The van der Waals surface area contributed by atoms with E-state index < -0.39 is 0 Å². The number of carbonyl (C=O) groups excluding carboxylic acids is 1. The molecule has 1 aliphatic heterocycles. The van der Waals surface area contributed by atoms with Crippen LogP contribution in [0.3, 0.4) is 0 Å². The molecule has 1 aliphatic rings. The number of benzene rings is 2. The molecule has 4 rings (SSSR count). The first-order chi connectivity index (χ1) is 13.0. The number of amides is 1. The second-order valence-electron chi connectivity index (χ2n) is 6.55. The Morgan fingerprint density at radius 2 is 2.11 bits per heavy atom. The number of methoxy groups -OCH3 is 1. The van der Waals surface area contributed by atoms with E-state index in [2.05, 4.69) is 10.1 Å². The summed E-state index contributed by atoms with van der Waals surface area (Å²) < 4.78 is 10.6. The minimum atomic E-state index is -0.141. The van der Waals surface area contributed by atoms with E-state index in [9.17, 15) is 4.79 Å². The van der Waals surface area contributed by atoms with Crippen LogP contribution in [-0.4, -0.2) is 29.7 Å². The van der Waals surface area contributed by atoms with Crippen LogP contribution < -0.4 is 9.64 Å². The first-order valence-electron chi connectivity index (χ1n) is 8.59. The molecule has 3 aromatic rings. The number of carbonyl (C=O) groups is 1. The molecule has 27 heavy (non-hydrogen) atoms. The summed E-state index contributed by atoms with van der Waals surface area (Å²) >= 11 is 6.33. The van der Waals surface area contributed by atoms with E-state index in [4.69, 9.17) is 20.9 Å². The van der Waals surface area contributed by atoms with Crippen molar-refractivity contribution in [1.29, 1.82) is 0 Å². The summed E-state index contributed by atoms with van der Waals surface area (Å²) in [7, 11) is 1.60. The van der Waals surface area contributed by atoms with E-state index in [1.165, 1.54) is 0 Å². The van der Waals surface area contributed by atoms with Crippen LogP contribution in [0.25, 0.3) is 11.5 Å². The van der Waals surface area contributed by atoms with Gasteiger partial charge in [-0.05, 0) is 42.8 Å². The molecule has 1 unspecified atom stereocenters. The third-order valence-corrected chi connectivity index (χ3v) is 4.95. The Bertz CT molecular complexity index is 1000. The van der Waals surface area contributed by atoms with Gasteiger partial charge in [0.05, 0.1) is 17.8 Å². The molecule has 0 spiro atoms. The average Bonchev–Trinajstić information content (AvgIpc) is 3.29. The number of nitrogens with zero attached hydrogens (tertiary/aromatic N) is 3. The van der Waals surface area contributed by atoms with Gasteiger partial charge in [-0.15, -0.1) is 0 Å². The summed E-state index contributed by atoms with van der Waals surface area (Å²) in [5.74, 6) is 1.50.